The second-order valence-corrected chi connectivity index (χ2v) is 2.95. The molecule has 0 radical (unpaired) electrons. The van der Waals surface area contributed by atoms with Gasteiger partial charge in [-0.1, -0.05) is 0 Å². The first-order valence-electron chi connectivity index (χ1n) is 4.63. The van der Waals surface area contributed by atoms with Gasteiger partial charge in [-0.15, -0.1) is 0 Å². The molecule has 0 aliphatic heterocycles. The molecule has 86 valence electrons. The highest BCUT2D eigenvalue weighted by Crippen LogP contribution is 2.16. The van der Waals surface area contributed by atoms with Crippen LogP contribution in [0, 0.1) is 0 Å². The van der Waals surface area contributed by atoms with E-state index in [1.807, 2.05) is 0 Å². The van der Waals surface area contributed by atoms with E-state index >= 15 is 0 Å². The third-order valence-corrected chi connectivity index (χ3v) is 1.79. The molecule has 1 heterocycles. The van der Waals surface area contributed by atoms with Crippen LogP contribution < -0.4 is 0 Å². The molecule has 1 atom stereocenters. The van der Waals surface area contributed by atoms with Crippen LogP contribution in [0.4, 0.5) is 0 Å². The van der Waals surface area contributed by atoms with Crippen molar-refractivity contribution in [1.82, 2.24) is 0 Å². The van der Waals surface area contributed by atoms with Crippen molar-refractivity contribution < 1.29 is 23.5 Å². The molecule has 1 aromatic rings. The van der Waals surface area contributed by atoms with Gasteiger partial charge in [0.15, 0.2) is 6.10 Å². The van der Waals surface area contributed by atoms with E-state index in [0.717, 1.165) is 12.2 Å². The number of furan rings is 1. The van der Waals surface area contributed by atoms with Gasteiger partial charge in [-0.3, -0.25) is 0 Å². The van der Waals surface area contributed by atoms with Crippen LogP contribution in [0.2, 0.25) is 0 Å². The van der Waals surface area contributed by atoms with E-state index in [1.165, 1.54) is 13.4 Å². The molecule has 1 aromatic heterocycles. The quantitative estimate of drug-likeness (QED) is 0.574. The Labute approximate surface area is 92.6 Å². The smallest absolute Gasteiger partial charge is 0.331 e. The summed E-state index contributed by atoms with van der Waals surface area (Å²) in [5.41, 5.74) is 0. The van der Waals surface area contributed by atoms with Crippen LogP contribution in [0.3, 0.4) is 0 Å². The molecule has 0 aromatic carbocycles. The number of carbonyl (C=O) groups excluding carboxylic acids is 2. The maximum Gasteiger partial charge on any atom is 0.331 e. The van der Waals surface area contributed by atoms with Crippen molar-refractivity contribution in [2.75, 3.05) is 7.11 Å². The lowest BCUT2D eigenvalue weighted by Crippen LogP contribution is -2.06. The zero-order valence-corrected chi connectivity index (χ0v) is 9.01. The highest BCUT2D eigenvalue weighted by Gasteiger charge is 2.12. The Kier molecular flexibility index (Phi) is 4.32. The third-order valence-electron chi connectivity index (χ3n) is 1.79. The van der Waals surface area contributed by atoms with Gasteiger partial charge in [-0.05, 0) is 19.1 Å². The minimum Gasteiger partial charge on any atom is -0.466 e. The van der Waals surface area contributed by atoms with Gasteiger partial charge >= 0.3 is 11.9 Å². The fraction of sp³-hybridized carbons (Fsp3) is 0.273. The number of hydrogen-bond donors (Lipinski definition) is 0. The Morgan fingerprint density at radius 2 is 2.06 bits per heavy atom. The van der Waals surface area contributed by atoms with Crippen molar-refractivity contribution in [3.63, 3.8) is 0 Å². The van der Waals surface area contributed by atoms with E-state index in [-0.39, 0.29) is 0 Å². The summed E-state index contributed by atoms with van der Waals surface area (Å²) in [7, 11) is 1.23. The molecule has 0 fully saturated rings. The summed E-state index contributed by atoms with van der Waals surface area (Å²) in [5, 5.41) is 0. The first kappa shape index (κ1) is 12.0. The van der Waals surface area contributed by atoms with Gasteiger partial charge in [-0.25, -0.2) is 9.59 Å². The number of rotatable bonds is 4. The molecule has 0 saturated carbocycles. The molecule has 0 N–H and O–H groups in total. The normalized spacial score (nSPS) is 12.4. The average Bonchev–Trinajstić information content (AvgIpc) is 2.79. The first-order valence-corrected chi connectivity index (χ1v) is 4.63. The summed E-state index contributed by atoms with van der Waals surface area (Å²) in [6.45, 7) is 1.67. The van der Waals surface area contributed by atoms with E-state index in [9.17, 15) is 9.59 Å². The largest absolute Gasteiger partial charge is 0.466 e. The van der Waals surface area contributed by atoms with Crippen LogP contribution in [0.5, 0.6) is 0 Å². The standard InChI is InChI=1S/C11H12O5/c1-8(9-4-3-7-15-9)16-11(13)6-5-10(12)14-2/h3-8H,1-2H3/b6-5+. The van der Waals surface area contributed by atoms with Gasteiger partial charge in [0, 0.05) is 12.2 Å². The van der Waals surface area contributed by atoms with Gasteiger partial charge in [0.1, 0.15) is 5.76 Å². The fourth-order valence-corrected chi connectivity index (χ4v) is 0.998. The molecule has 0 amide bonds. The molecule has 16 heavy (non-hydrogen) atoms. The predicted octanol–water partition coefficient (Wildman–Crippen LogP) is 1.61. The number of hydrogen-bond acceptors (Lipinski definition) is 5. The van der Waals surface area contributed by atoms with Crippen molar-refractivity contribution >= 4 is 11.9 Å². The highest BCUT2D eigenvalue weighted by molar-refractivity contribution is 5.91. The van der Waals surface area contributed by atoms with Crippen LogP contribution in [-0.4, -0.2) is 19.0 Å². The molecule has 5 nitrogen and oxygen atoms in total. The Balaban J connectivity index is 2.46. The van der Waals surface area contributed by atoms with Crippen LogP contribution in [0.15, 0.2) is 35.0 Å². The minimum absolute atomic E-state index is 0.496. The molecule has 0 aliphatic rings. The van der Waals surface area contributed by atoms with Gasteiger partial charge in [-0.2, -0.15) is 0 Å². The van der Waals surface area contributed by atoms with Crippen molar-refractivity contribution in [3.8, 4) is 0 Å². The average molecular weight is 224 g/mol. The van der Waals surface area contributed by atoms with E-state index in [0.29, 0.717) is 5.76 Å². The van der Waals surface area contributed by atoms with E-state index in [1.54, 1.807) is 19.1 Å². The zero-order valence-electron chi connectivity index (χ0n) is 9.01. The highest BCUT2D eigenvalue weighted by atomic mass is 16.6. The Morgan fingerprint density at radius 1 is 1.38 bits per heavy atom. The Hall–Kier alpha value is -2.04. The van der Waals surface area contributed by atoms with E-state index in [2.05, 4.69) is 4.74 Å². The molecule has 0 aliphatic carbocycles. The van der Waals surface area contributed by atoms with Crippen LogP contribution >= 0.6 is 0 Å². The van der Waals surface area contributed by atoms with Gasteiger partial charge in [0.05, 0.1) is 13.4 Å². The lowest BCUT2D eigenvalue weighted by atomic mass is 10.3. The maximum atomic E-state index is 11.2. The zero-order chi connectivity index (χ0) is 12.0. The van der Waals surface area contributed by atoms with Crippen LogP contribution in [0.1, 0.15) is 18.8 Å². The number of esters is 2. The molecular formula is C11H12O5. The lowest BCUT2D eigenvalue weighted by Gasteiger charge is -2.08. The molecule has 1 rings (SSSR count). The van der Waals surface area contributed by atoms with Crippen LogP contribution in [-0.2, 0) is 19.1 Å². The topological polar surface area (TPSA) is 65.7 Å². The minimum atomic E-state index is -0.630. The summed E-state index contributed by atoms with van der Waals surface area (Å²) >= 11 is 0. The van der Waals surface area contributed by atoms with Crippen molar-refractivity contribution in [3.05, 3.63) is 36.3 Å². The summed E-state index contributed by atoms with van der Waals surface area (Å²) in [4.78, 5) is 21.9. The molecule has 0 saturated heterocycles. The second-order valence-electron chi connectivity index (χ2n) is 2.95. The fourth-order valence-electron chi connectivity index (χ4n) is 0.998. The van der Waals surface area contributed by atoms with E-state index in [4.69, 9.17) is 9.15 Å². The monoisotopic (exact) mass is 224 g/mol. The van der Waals surface area contributed by atoms with E-state index < -0.39 is 18.0 Å². The Morgan fingerprint density at radius 3 is 2.62 bits per heavy atom. The summed E-state index contributed by atoms with van der Waals surface area (Å²) in [6.07, 6.45) is 3.00. The molecule has 0 spiro atoms. The van der Waals surface area contributed by atoms with Gasteiger partial charge < -0.3 is 13.9 Å². The summed E-state index contributed by atoms with van der Waals surface area (Å²) < 4.78 is 14.3. The van der Waals surface area contributed by atoms with Crippen molar-refractivity contribution in [2.45, 2.75) is 13.0 Å². The van der Waals surface area contributed by atoms with Crippen molar-refractivity contribution in [1.29, 1.82) is 0 Å². The van der Waals surface area contributed by atoms with Gasteiger partial charge in [0.2, 0.25) is 0 Å². The second kappa shape index (κ2) is 5.75. The number of ether oxygens (including phenoxy) is 2. The summed E-state index contributed by atoms with van der Waals surface area (Å²) in [6, 6.07) is 3.39. The molecule has 0 bridgehead atoms. The third kappa shape index (κ3) is 3.61. The molecule has 5 heteroatoms. The number of methoxy groups -OCH3 is 1. The van der Waals surface area contributed by atoms with Gasteiger partial charge in [0.25, 0.3) is 0 Å². The van der Waals surface area contributed by atoms with Crippen LogP contribution in [0.25, 0.3) is 0 Å². The lowest BCUT2D eigenvalue weighted by molar-refractivity contribution is -0.144. The SMILES string of the molecule is COC(=O)/C=C/C(=O)OC(C)c1ccco1. The summed E-state index contributed by atoms with van der Waals surface area (Å²) in [5.74, 6) is -0.697. The first-order chi connectivity index (χ1) is 7.63. The Bertz CT molecular complexity index is 377. The molecule has 1 unspecified atom stereocenters. The molecular weight excluding hydrogens is 212 g/mol. The number of carbonyl (C=O) groups is 2. The maximum absolute atomic E-state index is 11.2. The van der Waals surface area contributed by atoms with Crippen molar-refractivity contribution in [2.24, 2.45) is 0 Å². The predicted molar refractivity (Wildman–Crippen MR) is 54.4 cm³/mol.